The van der Waals surface area contributed by atoms with Crippen molar-refractivity contribution in [2.75, 3.05) is 26.8 Å². The number of carbonyl (C=O) groups is 1. The van der Waals surface area contributed by atoms with Gasteiger partial charge in [0.2, 0.25) is 11.8 Å². The summed E-state index contributed by atoms with van der Waals surface area (Å²) < 4.78 is 16.3. The van der Waals surface area contributed by atoms with E-state index in [1.165, 1.54) is 0 Å². The second-order valence-corrected chi connectivity index (χ2v) is 7.00. The molecule has 1 aromatic carbocycles. The van der Waals surface area contributed by atoms with E-state index in [0.717, 1.165) is 17.0 Å². The van der Waals surface area contributed by atoms with Crippen LogP contribution < -0.4 is 4.74 Å². The second kappa shape index (κ2) is 9.00. The minimum absolute atomic E-state index is 0.0241. The summed E-state index contributed by atoms with van der Waals surface area (Å²) in [4.78, 5) is 27.6. The number of aromatic nitrogens is 4. The lowest BCUT2D eigenvalue weighted by Crippen LogP contribution is -2.42. The molecule has 3 aromatic rings. The Labute approximate surface area is 174 Å². The quantitative estimate of drug-likeness (QED) is 0.611. The molecule has 1 amide bonds. The number of morpholine rings is 1. The zero-order chi connectivity index (χ0) is 20.9. The van der Waals surface area contributed by atoms with Gasteiger partial charge in [0.1, 0.15) is 11.9 Å². The number of hydrogen-bond donors (Lipinski definition) is 0. The fourth-order valence-electron chi connectivity index (χ4n) is 3.33. The average Bonchev–Trinajstić information content (AvgIpc) is 3.22. The Hall–Kier alpha value is -3.33. The Balaban J connectivity index is 1.43. The molecule has 0 radical (unpaired) electrons. The SMILES string of the molecule is COc1cccc(-c2cncc(C3CN(C(=O)CCc4nc(C)no4)CCO3)n2)c1. The van der Waals surface area contributed by atoms with Crippen molar-refractivity contribution in [2.45, 2.75) is 25.9 Å². The first-order valence-electron chi connectivity index (χ1n) is 9.77. The molecule has 156 valence electrons. The molecule has 2 aromatic heterocycles. The fraction of sp³-hybridized carbons (Fsp3) is 0.381. The summed E-state index contributed by atoms with van der Waals surface area (Å²) in [6.07, 6.45) is 3.79. The van der Waals surface area contributed by atoms with Crippen LogP contribution in [0.5, 0.6) is 5.75 Å². The van der Waals surface area contributed by atoms with Crippen LogP contribution in [-0.4, -0.2) is 57.7 Å². The highest BCUT2D eigenvalue weighted by molar-refractivity contribution is 5.76. The smallest absolute Gasteiger partial charge is 0.227 e. The van der Waals surface area contributed by atoms with Crippen molar-refractivity contribution in [1.82, 2.24) is 25.0 Å². The van der Waals surface area contributed by atoms with Crippen LogP contribution in [-0.2, 0) is 16.0 Å². The van der Waals surface area contributed by atoms with Crippen molar-refractivity contribution in [1.29, 1.82) is 0 Å². The van der Waals surface area contributed by atoms with Crippen molar-refractivity contribution >= 4 is 5.91 Å². The zero-order valence-electron chi connectivity index (χ0n) is 16.9. The number of amides is 1. The van der Waals surface area contributed by atoms with Gasteiger partial charge in [-0.25, -0.2) is 4.98 Å². The Morgan fingerprint density at radius 3 is 3.00 bits per heavy atom. The first-order chi connectivity index (χ1) is 14.6. The van der Waals surface area contributed by atoms with Gasteiger partial charge in [-0.05, 0) is 19.1 Å². The molecule has 4 rings (SSSR count). The number of nitrogens with zero attached hydrogens (tertiary/aromatic N) is 5. The lowest BCUT2D eigenvalue weighted by molar-refractivity contribution is -0.139. The van der Waals surface area contributed by atoms with Gasteiger partial charge in [0, 0.05) is 24.9 Å². The molecular weight excluding hydrogens is 386 g/mol. The Morgan fingerprint density at radius 2 is 2.20 bits per heavy atom. The van der Waals surface area contributed by atoms with Crippen LogP contribution >= 0.6 is 0 Å². The van der Waals surface area contributed by atoms with Gasteiger partial charge in [-0.2, -0.15) is 4.98 Å². The predicted octanol–water partition coefficient (Wildman–Crippen LogP) is 2.38. The van der Waals surface area contributed by atoms with E-state index in [9.17, 15) is 4.79 Å². The molecule has 9 heteroatoms. The average molecular weight is 409 g/mol. The van der Waals surface area contributed by atoms with Crippen LogP contribution in [0.2, 0.25) is 0 Å². The summed E-state index contributed by atoms with van der Waals surface area (Å²) in [6.45, 7) is 3.17. The van der Waals surface area contributed by atoms with Crippen LogP contribution in [0.3, 0.4) is 0 Å². The van der Waals surface area contributed by atoms with Gasteiger partial charge in [0.05, 0.1) is 44.0 Å². The first kappa shape index (κ1) is 20.0. The normalized spacial score (nSPS) is 16.5. The largest absolute Gasteiger partial charge is 0.497 e. The van der Waals surface area contributed by atoms with E-state index >= 15 is 0 Å². The molecule has 0 saturated carbocycles. The number of rotatable bonds is 6. The lowest BCUT2D eigenvalue weighted by Gasteiger charge is -2.32. The van der Waals surface area contributed by atoms with E-state index < -0.39 is 0 Å². The number of ether oxygens (including phenoxy) is 2. The van der Waals surface area contributed by atoms with Gasteiger partial charge in [-0.15, -0.1) is 0 Å². The van der Waals surface area contributed by atoms with E-state index in [0.29, 0.717) is 49.9 Å². The second-order valence-electron chi connectivity index (χ2n) is 7.00. The third-order valence-electron chi connectivity index (χ3n) is 4.89. The van der Waals surface area contributed by atoms with Crippen molar-refractivity contribution in [2.24, 2.45) is 0 Å². The van der Waals surface area contributed by atoms with E-state index in [2.05, 4.69) is 15.1 Å². The molecule has 1 aliphatic heterocycles. The molecule has 1 aliphatic rings. The molecule has 0 aliphatic carbocycles. The Bertz CT molecular complexity index is 1020. The highest BCUT2D eigenvalue weighted by Gasteiger charge is 2.27. The van der Waals surface area contributed by atoms with E-state index in [1.54, 1.807) is 31.3 Å². The van der Waals surface area contributed by atoms with E-state index in [4.69, 9.17) is 19.0 Å². The molecule has 1 fully saturated rings. The Kier molecular flexibility index (Phi) is 5.99. The third-order valence-corrected chi connectivity index (χ3v) is 4.89. The molecule has 9 nitrogen and oxygen atoms in total. The van der Waals surface area contributed by atoms with Crippen LogP contribution in [0.4, 0.5) is 0 Å². The van der Waals surface area contributed by atoms with Gasteiger partial charge in [-0.3, -0.25) is 9.78 Å². The topological polar surface area (TPSA) is 103 Å². The van der Waals surface area contributed by atoms with Gasteiger partial charge in [0.25, 0.3) is 0 Å². The molecule has 1 saturated heterocycles. The number of methoxy groups -OCH3 is 1. The highest BCUT2D eigenvalue weighted by Crippen LogP contribution is 2.25. The molecule has 3 heterocycles. The standard InChI is InChI=1S/C21H23N5O4/c1-14-23-20(30-25-14)6-7-21(27)26-8-9-29-19(13-26)18-12-22-11-17(24-18)15-4-3-5-16(10-15)28-2/h3-5,10-12,19H,6-9,13H2,1-2H3. The zero-order valence-corrected chi connectivity index (χ0v) is 16.9. The number of benzene rings is 1. The minimum atomic E-state index is -0.327. The summed E-state index contributed by atoms with van der Waals surface area (Å²) in [5.41, 5.74) is 2.33. The van der Waals surface area contributed by atoms with Crippen molar-refractivity contribution in [3.05, 3.63) is 54.1 Å². The van der Waals surface area contributed by atoms with Crippen LogP contribution in [0.15, 0.2) is 41.2 Å². The van der Waals surface area contributed by atoms with E-state index in [1.807, 2.05) is 24.3 Å². The third kappa shape index (κ3) is 4.62. The molecular formula is C21H23N5O4. The molecule has 30 heavy (non-hydrogen) atoms. The molecule has 1 atom stereocenters. The van der Waals surface area contributed by atoms with E-state index in [-0.39, 0.29) is 12.0 Å². The summed E-state index contributed by atoms with van der Waals surface area (Å²) in [7, 11) is 1.63. The lowest BCUT2D eigenvalue weighted by atomic mass is 10.1. The molecule has 1 unspecified atom stereocenters. The fourth-order valence-corrected chi connectivity index (χ4v) is 3.33. The van der Waals surface area contributed by atoms with Gasteiger partial charge in [0.15, 0.2) is 5.82 Å². The molecule has 0 spiro atoms. The van der Waals surface area contributed by atoms with Gasteiger partial charge >= 0.3 is 0 Å². The maximum Gasteiger partial charge on any atom is 0.227 e. The summed E-state index contributed by atoms with van der Waals surface area (Å²) in [5.74, 6) is 1.82. The molecule has 0 N–H and O–H groups in total. The maximum atomic E-state index is 12.6. The van der Waals surface area contributed by atoms with Crippen LogP contribution in [0, 0.1) is 6.92 Å². The minimum Gasteiger partial charge on any atom is -0.497 e. The van der Waals surface area contributed by atoms with Crippen molar-refractivity contribution in [3.8, 4) is 17.0 Å². The summed E-state index contributed by atoms with van der Waals surface area (Å²) in [6, 6.07) is 7.65. The van der Waals surface area contributed by atoms with Crippen LogP contribution in [0.1, 0.15) is 29.9 Å². The first-order valence-corrected chi connectivity index (χ1v) is 9.77. The molecule has 0 bridgehead atoms. The number of hydrogen-bond acceptors (Lipinski definition) is 8. The Morgan fingerprint density at radius 1 is 1.30 bits per heavy atom. The number of carbonyl (C=O) groups excluding carboxylic acids is 1. The summed E-state index contributed by atoms with van der Waals surface area (Å²) >= 11 is 0. The van der Waals surface area contributed by atoms with Crippen LogP contribution in [0.25, 0.3) is 11.3 Å². The monoisotopic (exact) mass is 409 g/mol. The number of aryl methyl sites for hydroxylation is 2. The van der Waals surface area contributed by atoms with Gasteiger partial charge in [-0.1, -0.05) is 17.3 Å². The predicted molar refractivity (Wildman–Crippen MR) is 107 cm³/mol. The van der Waals surface area contributed by atoms with Crippen molar-refractivity contribution < 1.29 is 18.8 Å². The highest BCUT2D eigenvalue weighted by atomic mass is 16.5. The summed E-state index contributed by atoms with van der Waals surface area (Å²) in [5, 5.41) is 3.75. The maximum absolute atomic E-state index is 12.6. The van der Waals surface area contributed by atoms with Crippen molar-refractivity contribution in [3.63, 3.8) is 0 Å². The van der Waals surface area contributed by atoms with Gasteiger partial charge < -0.3 is 18.9 Å².